The van der Waals surface area contributed by atoms with Crippen LogP contribution in [0, 0.1) is 18.3 Å². The molecule has 0 bridgehead atoms. The van der Waals surface area contributed by atoms with Gasteiger partial charge in [0.25, 0.3) is 5.91 Å². The van der Waals surface area contributed by atoms with Gasteiger partial charge in [0.15, 0.2) is 0 Å². The largest absolute Gasteiger partial charge is 0.497 e. The number of hydrogen-bond acceptors (Lipinski definition) is 6. The molecule has 4 rings (SSSR count). The Bertz CT molecular complexity index is 1110. The SMILES string of the molecule is COc1cccc(-c2nc(C#N)c(N3CCN(C(=O)c4cccc(C)c4)CC3)o2)c1. The molecule has 0 atom stereocenters. The van der Waals surface area contributed by atoms with Crippen molar-refractivity contribution >= 4 is 11.8 Å². The number of anilines is 1. The van der Waals surface area contributed by atoms with Gasteiger partial charge in [0.05, 0.1) is 7.11 Å². The van der Waals surface area contributed by atoms with Gasteiger partial charge in [-0.15, -0.1) is 0 Å². The highest BCUT2D eigenvalue weighted by Gasteiger charge is 2.27. The van der Waals surface area contributed by atoms with Crippen molar-refractivity contribution < 1.29 is 13.9 Å². The molecule has 0 saturated carbocycles. The maximum atomic E-state index is 12.8. The quantitative estimate of drug-likeness (QED) is 0.664. The minimum atomic E-state index is 0.0218. The summed E-state index contributed by atoms with van der Waals surface area (Å²) in [5.74, 6) is 1.53. The molecule has 0 aliphatic carbocycles. The second-order valence-corrected chi connectivity index (χ2v) is 7.17. The van der Waals surface area contributed by atoms with Gasteiger partial charge in [0.1, 0.15) is 11.8 Å². The van der Waals surface area contributed by atoms with Crippen LogP contribution in [0.1, 0.15) is 21.6 Å². The average molecular weight is 402 g/mol. The number of carbonyl (C=O) groups is 1. The lowest BCUT2D eigenvalue weighted by atomic mass is 10.1. The molecule has 1 aliphatic rings. The molecule has 1 amide bonds. The van der Waals surface area contributed by atoms with Gasteiger partial charge in [-0.1, -0.05) is 23.8 Å². The first kappa shape index (κ1) is 19.5. The van der Waals surface area contributed by atoms with E-state index in [2.05, 4.69) is 11.1 Å². The van der Waals surface area contributed by atoms with Gasteiger partial charge < -0.3 is 19.0 Å². The molecule has 2 heterocycles. The molecule has 1 aliphatic heterocycles. The highest BCUT2D eigenvalue weighted by Crippen LogP contribution is 2.30. The van der Waals surface area contributed by atoms with E-state index < -0.39 is 0 Å². The van der Waals surface area contributed by atoms with Gasteiger partial charge in [0.2, 0.25) is 17.5 Å². The number of aryl methyl sites for hydroxylation is 1. The van der Waals surface area contributed by atoms with E-state index in [4.69, 9.17) is 9.15 Å². The van der Waals surface area contributed by atoms with E-state index in [9.17, 15) is 10.1 Å². The molecule has 1 aromatic heterocycles. The number of benzene rings is 2. The van der Waals surface area contributed by atoms with Crippen molar-refractivity contribution in [2.45, 2.75) is 6.92 Å². The van der Waals surface area contributed by atoms with Gasteiger partial charge >= 0.3 is 0 Å². The zero-order valence-electron chi connectivity index (χ0n) is 17.0. The van der Waals surface area contributed by atoms with Crippen molar-refractivity contribution in [1.82, 2.24) is 9.88 Å². The third-order valence-electron chi connectivity index (χ3n) is 5.15. The van der Waals surface area contributed by atoms with E-state index in [0.29, 0.717) is 49.3 Å². The Hall–Kier alpha value is -3.79. The zero-order valence-corrected chi connectivity index (χ0v) is 17.0. The predicted molar refractivity (Wildman–Crippen MR) is 113 cm³/mol. The fourth-order valence-corrected chi connectivity index (χ4v) is 3.55. The summed E-state index contributed by atoms with van der Waals surface area (Å²) in [7, 11) is 1.60. The van der Waals surface area contributed by atoms with Gasteiger partial charge in [-0.3, -0.25) is 4.79 Å². The Balaban J connectivity index is 1.50. The summed E-state index contributed by atoms with van der Waals surface area (Å²) in [5.41, 5.74) is 2.74. The first-order valence-corrected chi connectivity index (χ1v) is 9.75. The second-order valence-electron chi connectivity index (χ2n) is 7.17. The van der Waals surface area contributed by atoms with Crippen LogP contribution in [-0.2, 0) is 0 Å². The van der Waals surface area contributed by atoms with E-state index in [1.807, 2.05) is 65.3 Å². The number of amides is 1. The lowest BCUT2D eigenvalue weighted by molar-refractivity contribution is 0.0745. The van der Waals surface area contributed by atoms with Crippen LogP contribution in [0.2, 0.25) is 0 Å². The minimum absolute atomic E-state index is 0.0218. The molecule has 0 radical (unpaired) electrons. The predicted octanol–water partition coefficient (Wildman–Crippen LogP) is 3.49. The number of aromatic nitrogens is 1. The van der Waals surface area contributed by atoms with Gasteiger partial charge in [-0.2, -0.15) is 10.2 Å². The molecular weight excluding hydrogens is 380 g/mol. The maximum absolute atomic E-state index is 12.8. The first-order chi connectivity index (χ1) is 14.6. The standard InChI is InChI=1S/C23H22N4O3/c1-16-5-3-7-18(13-16)22(28)26-9-11-27(12-10-26)23-20(15-24)25-21(30-23)17-6-4-8-19(14-17)29-2/h3-8,13-14H,9-12H2,1-2H3. The molecule has 152 valence electrons. The number of oxazole rings is 1. The number of nitrogens with zero attached hydrogens (tertiary/aromatic N) is 4. The summed E-state index contributed by atoms with van der Waals surface area (Å²) in [6.07, 6.45) is 0. The summed E-state index contributed by atoms with van der Waals surface area (Å²) < 4.78 is 11.2. The van der Waals surface area contributed by atoms with Gasteiger partial charge in [-0.25, -0.2) is 0 Å². The Morgan fingerprint density at radius 3 is 2.60 bits per heavy atom. The third kappa shape index (κ3) is 3.85. The van der Waals surface area contributed by atoms with Crippen LogP contribution in [-0.4, -0.2) is 49.1 Å². The Kier molecular flexibility index (Phi) is 5.40. The molecule has 1 saturated heterocycles. The summed E-state index contributed by atoms with van der Waals surface area (Å²) in [6, 6.07) is 17.1. The molecule has 0 unspecified atom stereocenters. The highest BCUT2D eigenvalue weighted by molar-refractivity contribution is 5.94. The number of rotatable bonds is 4. The van der Waals surface area contributed by atoms with Crippen LogP contribution < -0.4 is 9.64 Å². The monoisotopic (exact) mass is 402 g/mol. The molecule has 1 fully saturated rings. The summed E-state index contributed by atoms with van der Waals surface area (Å²) in [6.45, 7) is 4.21. The second kappa shape index (κ2) is 8.29. The molecular formula is C23H22N4O3. The van der Waals surface area contributed by atoms with Crippen LogP contribution in [0.4, 0.5) is 5.88 Å². The number of carbonyl (C=O) groups excluding carboxylic acids is 1. The molecule has 7 nitrogen and oxygen atoms in total. The molecule has 7 heteroatoms. The summed E-state index contributed by atoms with van der Waals surface area (Å²) in [4.78, 5) is 20.9. The van der Waals surface area contributed by atoms with Crippen LogP contribution in [0.3, 0.4) is 0 Å². The van der Waals surface area contributed by atoms with Gasteiger partial charge in [0, 0.05) is 37.3 Å². The van der Waals surface area contributed by atoms with E-state index in [1.54, 1.807) is 7.11 Å². The number of piperazine rings is 1. The minimum Gasteiger partial charge on any atom is -0.497 e. The Labute approximate surface area is 175 Å². The normalized spacial score (nSPS) is 13.8. The summed E-state index contributed by atoms with van der Waals surface area (Å²) in [5, 5.41) is 9.54. The fraction of sp³-hybridized carbons (Fsp3) is 0.261. The van der Waals surface area contributed by atoms with E-state index in [0.717, 1.165) is 11.1 Å². The van der Waals surface area contributed by atoms with Crippen molar-refractivity contribution in [3.63, 3.8) is 0 Å². The molecule has 3 aromatic rings. The number of nitriles is 1. The topological polar surface area (TPSA) is 82.6 Å². The lowest BCUT2D eigenvalue weighted by Crippen LogP contribution is -2.48. The highest BCUT2D eigenvalue weighted by atomic mass is 16.5. The molecule has 2 aromatic carbocycles. The van der Waals surface area contributed by atoms with E-state index >= 15 is 0 Å². The van der Waals surface area contributed by atoms with Crippen molar-refractivity contribution in [2.75, 3.05) is 38.2 Å². The van der Waals surface area contributed by atoms with Crippen LogP contribution in [0.5, 0.6) is 5.75 Å². The van der Waals surface area contributed by atoms with Crippen LogP contribution in [0.25, 0.3) is 11.5 Å². The number of methoxy groups -OCH3 is 1. The zero-order chi connectivity index (χ0) is 21.1. The van der Waals surface area contributed by atoms with E-state index in [1.165, 1.54) is 0 Å². The van der Waals surface area contributed by atoms with Crippen molar-refractivity contribution in [3.05, 3.63) is 65.4 Å². The molecule has 30 heavy (non-hydrogen) atoms. The van der Waals surface area contributed by atoms with E-state index in [-0.39, 0.29) is 11.6 Å². The van der Waals surface area contributed by atoms with Crippen LogP contribution >= 0.6 is 0 Å². The smallest absolute Gasteiger partial charge is 0.253 e. The van der Waals surface area contributed by atoms with Crippen LogP contribution in [0.15, 0.2) is 52.9 Å². The van der Waals surface area contributed by atoms with Crippen molar-refractivity contribution in [1.29, 1.82) is 5.26 Å². The summed E-state index contributed by atoms with van der Waals surface area (Å²) >= 11 is 0. The fourth-order valence-electron chi connectivity index (χ4n) is 3.55. The van der Waals surface area contributed by atoms with Crippen molar-refractivity contribution in [3.8, 4) is 23.3 Å². The van der Waals surface area contributed by atoms with Gasteiger partial charge in [-0.05, 0) is 37.3 Å². The lowest BCUT2D eigenvalue weighted by Gasteiger charge is -2.34. The van der Waals surface area contributed by atoms with Crippen molar-refractivity contribution in [2.24, 2.45) is 0 Å². The number of ether oxygens (including phenoxy) is 1. The Morgan fingerprint density at radius 1 is 1.13 bits per heavy atom. The first-order valence-electron chi connectivity index (χ1n) is 9.75. The Morgan fingerprint density at radius 2 is 1.90 bits per heavy atom. The average Bonchev–Trinajstić information content (AvgIpc) is 3.23. The third-order valence-corrected chi connectivity index (χ3v) is 5.15. The molecule has 0 N–H and O–H groups in total. The number of hydrogen-bond donors (Lipinski definition) is 0. The maximum Gasteiger partial charge on any atom is 0.253 e. The molecule has 0 spiro atoms.